The van der Waals surface area contributed by atoms with Crippen LogP contribution in [-0.4, -0.2) is 55.2 Å². The fourth-order valence-electron chi connectivity index (χ4n) is 3.02. The maximum absolute atomic E-state index is 12.1. The first-order chi connectivity index (χ1) is 10.7. The Morgan fingerprint density at radius 1 is 1.32 bits per heavy atom. The molecule has 1 unspecified atom stereocenters. The largest absolute Gasteiger partial charge is 0.371 e. The number of amides is 2. The van der Waals surface area contributed by atoms with Crippen molar-refractivity contribution in [3.63, 3.8) is 0 Å². The molecule has 3 rings (SSSR count). The van der Waals surface area contributed by atoms with Gasteiger partial charge < -0.3 is 15.1 Å². The van der Waals surface area contributed by atoms with Gasteiger partial charge in [-0.05, 0) is 30.5 Å². The average Bonchev–Trinajstić information content (AvgIpc) is 3.02. The van der Waals surface area contributed by atoms with Gasteiger partial charge in [0.2, 0.25) is 0 Å². The summed E-state index contributed by atoms with van der Waals surface area (Å²) in [5.74, 6) is 2.63. The Kier molecular flexibility index (Phi) is 5.37. The second kappa shape index (κ2) is 7.47. The third kappa shape index (κ3) is 4.02. The molecule has 0 aromatic heterocycles. The van der Waals surface area contributed by atoms with E-state index in [4.69, 9.17) is 11.6 Å². The van der Waals surface area contributed by atoms with Crippen molar-refractivity contribution in [1.29, 1.82) is 0 Å². The molecular formula is C16H22ClN3OS. The summed E-state index contributed by atoms with van der Waals surface area (Å²) in [4.78, 5) is 16.4. The van der Waals surface area contributed by atoms with Crippen molar-refractivity contribution in [3.05, 3.63) is 29.3 Å². The van der Waals surface area contributed by atoms with Crippen molar-refractivity contribution in [2.24, 2.45) is 5.92 Å². The normalized spacial score (nSPS) is 22.0. The van der Waals surface area contributed by atoms with Gasteiger partial charge in [-0.1, -0.05) is 17.7 Å². The lowest BCUT2D eigenvalue weighted by atomic mass is 10.1. The number of benzene rings is 1. The molecule has 0 spiro atoms. The number of urea groups is 1. The Hall–Kier alpha value is -1.07. The Morgan fingerprint density at radius 2 is 2.14 bits per heavy atom. The van der Waals surface area contributed by atoms with Crippen LogP contribution in [0.25, 0.3) is 0 Å². The Bertz CT molecular complexity index is 522. The summed E-state index contributed by atoms with van der Waals surface area (Å²) in [6, 6.07) is 8.09. The Morgan fingerprint density at radius 3 is 2.91 bits per heavy atom. The van der Waals surface area contributed by atoms with Crippen LogP contribution < -0.4 is 10.2 Å². The van der Waals surface area contributed by atoms with E-state index in [1.54, 1.807) is 0 Å². The number of anilines is 1. The number of carbonyl (C=O) groups excluding carboxylic acids is 1. The number of rotatable bonds is 3. The van der Waals surface area contributed by atoms with Crippen molar-refractivity contribution in [3.8, 4) is 0 Å². The summed E-state index contributed by atoms with van der Waals surface area (Å²) in [6.07, 6.45) is 1.11. The van der Waals surface area contributed by atoms with Gasteiger partial charge in [0.1, 0.15) is 0 Å². The second-order valence-corrected chi connectivity index (χ2v) is 7.53. The number of carbonyl (C=O) groups is 1. The van der Waals surface area contributed by atoms with Crippen molar-refractivity contribution < 1.29 is 4.79 Å². The molecule has 2 amide bonds. The summed E-state index contributed by atoms with van der Waals surface area (Å²) < 4.78 is 0. The molecule has 1 aromatic carbocycles. The van der Waals surface area contributed by atoms with Gasteiger partial charge in [0.25, 0.3) is 0 Å². The molecule has 2 fully saturated rings. The molecule has 6 heteroatoms. The van der Waals surface area contributed by atoms with Gasteiger partial charge in [-0.15, -0.1) is 0 Å². The maximum atomic E-state index is 12.1. The molecule has 2 aliphatic rings. The lowest BCUT2D eigenvalue weighted by molar-refractivity contribution is 0.201. The molecule has 2 aliphatic heterocycles. The second-order valence-electron chi connectivity index (χ2n) is 5.87. The van der Waals surface area contributed by atoms with E-state index in [1.165, 1.54) is 5.69 Å². The highest BCUT2D eigenvalue weighted by Crippen LogP contribution is 2.25. The molecule has 0 bridgehead atoms. The quantitative estimate of drug-likeness (QED) is 0.919. The van der Waals surface area contributed by atoms with E-state index in [2.05, 4.69) is 16.3 Å². The predicted octanol–water partition coefficient (Wildman–Crippen LogP) is 2.92. The third-order valence-electron chi connectivity index (χ3n) is 4.30. The molecule has 4 nitrogen and oxygen atoms in total. The zero-order valence-electron chi connectivity index (χ0n) is 12.6. The van der Waals surface area contributed by atoms with Gasteiger partial charge >= 0.3 is 6.03 Å². The SMILES string of the molecule is O=C(NCC1CCN(c2cccc(Cl)c2)C1)N1CCSCC1. The van der Waals surface area contributed by atoms with E-state index >= 15 is 0 Å². The fraction of sp³-hybridized carbons (Fsp3) is 0.562. The Labute approximate surface area is 141 Å². The average molecular weight is 340 g/mol. The molecule has 0 aliphatic carbocycles. The minimum absolute atomic E-state index is 0.0986. The number of nitrogens with one attached hydrogen (secondary N) is 1. The number of nitrogens with zero attached hydrogens (tertiary/aromatic N) is 2. The fourth-order valence-corrected chi connectivity index (χ4v) is 4.10. The molecule has 2 heterocycles. The van der Waals surface area contributed by atoms with Crippen molar-refractivity contribution >= 4 is 35.1 Å². The summed E-state index contributed by atoms with van der Waals surface area (Å²) in [5, 5.41) is 3.88. The molecule has 0 radical (unpaired) electrons. The zero-order chi connectivity index (χ0) is 15.4. The van der Waals surface area contributed by atoms with Crippen LogP contribution in [0.5, 0.6) is 0 Å². The van der Waals surface area contributed by atoms with Gasteiger partial charge in [0, 0.05) is 54.9 Å². The zero-order valence-corrected chi connectivity index (χ0v) is 14.2. The number of hydrogen-bond acceptors (Lipinski definition) is 3. The number of hydrogen-bond donors (Lipinski definition) is 1. The maximum Gasteiger partial charge on any atom is 0.317 e. The topological polar surface area (TPSA) is 35.6 Å². The minimum Gasteiger partial charge on any atom is -0.371 e. The van der Waals surface area contributed by atoms with Crippen LogP contribution in [0, 0.1) is 5.92 Å². The van der Waals surface area contributed by atoms with Gasteiger partial charge in [0.05, 0.1) is 0 Å². The van der Waals surface area contributed by atoms with E-state index < -0.39 is 0 Å². The minimum atomic E-state index is 0.0986. The van der Waals surface area contributed by atoms with E-state index in [9.17, 15) is 4.79 Å². The van der Waals surface area contributed by atoms with E-state index in [1.807, 2.05) is 34.9 Å². The van der Waals surface area contributed by atoms with Gasteiger partial charge in [-0.3, -0.25) is 0 Å². The number of thioether (sulfide) groups is 1. The van der Waals surface area contributed by atoms with Crippen molar-refractivity contribution in [2.45, 2.75) is 6.42 Å². The van der Waals surface area contributed by atoms with Crippen molar-refractivity contribution in [1.82, 2.24) is 10.2 Å². The van der Waals surface area contributed by atoms with Crippen LogP contribution in [0.1, 0.15) is 6.42 Å². The lowest BCUT2D eigenvalue weighted by Gasteiger charge is -2.27. The monoisotopic (exact) mass is 339 g/mol. The first-order valence-electron chi connectivity index (χ1n) is 7.83. The van der Waals surface area contributed by atoms with Gasteiger partial charge in [0.15, 0.2) is 0 Å². The molecule has 22 heavy (non-hydrogen) atoms. The van der Waals surface area contributed by atoms with E-state index in [0.717, 1.165) is 55.7 Å². The molecule has 2 saturated heterocycles. The highest BCUT2D eigenvalue weighted by atomic mass is 35.5. The molecule has 1 N–H and O–H groups in total. The van der Waals surface area contributed by atoms with Crippen LogP contribution in [0.15, 0.2) is 24.3 Å². The van der Waals surface area contributed by atoms with E-state index in [-0.39, 0.29) is 6.03 Å². The summed E-state index contributed by atoms with van der Waals surface area (Å²) in [7, 11) is 0. The standard InChI is InChI=1S/C16H22ClN3OS/c17-14-2-1-3-15(10-14)20-5-4-13(12-20)11-18-16(21)19-6-8-22-9-7-19/h1-3,10,13H,4-9,11-12H2,(H,18,21). The molecule has 0 saturated carbocycles. The molecule has 1 aromatic rings. The van der Waals surface area contributed by atoms with Gasteiger partial charge in [-0.2, -0.15) is 11.8 Å². The van der Waals surface area contributed by atoms with Crippen LogP contribution in [0.3, 0.4) is 0 Å². The Balaban J connectivity index is 1.46. The van der Waals surface area contributed by atoms with Crippen LogP contribution in [0.4, 0.5) is 10.5 Å². The first kappa shape index (κ1) is 15.8. The van der Waals surface area contributed by atoms with Gasteiger partial charge in [-0.25, -0.2) is 4.79 Å². The van der Waals surface area contributed by atoms with Crippen LogP contribution >= 0.6 is 23.4 Å². The first-order valence-corrected chi connectivity index (χ1v) is 9.36. The lowest BCUT2D eigenvalue weighted by Crippen LogP contribution is -2.45. The highest BCUT2D eigenvalue weighted by Gasteiger charge is 2.24. The van der Waals surface area contributed by atoms with Crippen LogP contribution in [-0.2, 0) is 0 Å². The van der Waals surface area contributed by atoms with E-state index in [0.29, 0.717) is 5.92 Å². The summed E-state index contributed by atoms with van der Waals surface area (Å²) in [6.45, 7) is 4.52. The molecule has 1 atom stereocenters. The molecule has 120 valence electrons. The summed E-state index contributed by atoms with van der Waals surface area (Å²) in [5.41, 5.74) is 1.18. The third-order valence-corrected chi connectivity index (χ3v) is 5.48. The predicted molar refractivity (Wildman–Crippen MR) is 94.1 cm³/mol. The van der Waals surface area contributed by atoms with Crippen LogP contribution in [0.2, 0.25) is 5.02 Å². The highest BCUT2D eigenvalue weighted by molar-refractivity contribution is 7.99. The number of halogens is 1. The smallest absolute Gasteiger partial charge is 0.317 e. The summed E-state index contributed by atoms with van der Waals surface area (Å²) >= 11 is 7.98. The molecular weight excluding hydrogens is 318 g/mol. The van der Waals surface area contributed by atoms with Crippen molar-refractivity contribution in [2.75, 3.05) is 49.1 Å².